The first-order valence-corrected chi connectivity index (χ1v) is 9.20. The molecule has 5 heteroatoms. The number of aryl methyl sites for hydroxylation is 1. The Morgan fingerprint density at radius 2 is 2.13 bits per heavy atom. The van der Waals surface area contributed by atoms with E-state index in [2.05, 4.69) is 54.4 Å². The molecule has 0 saturated heterocycles. The molecule has 0 aliphatic heterocycles. The Kier molecular flexibility index (Phi) is 6.54. The molecule has 0 atom stereocenters. The summed E-state index contributed by atoms with van der Waals surface area (Å²) >= 11 is 1.87. The van der Waals surface area contributed by atoms with Crippen molar-refractivity contribution < 1.29 is 4.79 Å². The average Bonchev–Trinajstić information content (AvgIpc) is 2.82. The highest BCUT2D eigenvalue weighted by atomic mass is 32.2. The highest BCUT2D eigenvalue weighted by Gasteiger charge is 2.12. The molecule has 0 saturated carbocycles. The molecule has 1 aromatic heterocycles. The Morgan fingerprint density at radius 3 is 2.83 bits per heavy atom. The highest BCUT2D eigenvalue weighted by Crippen LogP contribution is 2.27. The predicted molar refractivity (Wildman–Crippen MR) is 100 cm³/mol. The van der Waals surface area contributed by atoms with Crippen LogP contribution in [0, 0.1) is 6.92 Å². The molecule has 1 heterocycles. The first-order chi connectivity index (χ1) is 11.0. The van der Waals surface area contributed by atoms with E-state index in [9.17, 15) is 4.79 Å². The van der Waals surface area contributed by atoms with Crippen molar-refractivity contribution >= 4 is 28.6 Å². The fourth-order valence-electron chi connectivity index (χ4n) is 2.60. The molecular formula is C18H27N3OS. The third-order valence-electron chi connectivity index (χ3n) is 3.83. The fourth-order valence-corrected chi connectivity index (χ4v) is 3.53. The van der Waals surface area contributed by atoms with E-state index in [1.165, 1.54) is 27.7 Å². The number of rotatable bonds is 8. The summed E-state index contributed by atoms with van der Waals surface area (Å²) < 4.78 is 0. The number of hydrogen-bond acceptors (Lipinski definition) is 3. The number of thioether (sulfide) groups is 1. The van der Waals surface area contributed by atoms with Crippen LogP contribution in [0.2, 0.25) is 0 Å². The van der Waals surface area contributed by atoms with Gasteiger partial charge in [0.2, 0.25) is 5.91 Å². The third kappa shape index (κ3) is 5.29. The van der Waals surface area contributed by atoms with E-state index < -0.39 is 0 Å². The number of carbonyl (C=O) groups is 1. The van der Waals surface area contributed by atoms with E-state index in [4.69, 9.17) is 0 Å². The standard InChI is InChI=1S/C18H27N3OS/c1-13-5-6-17-15(11-13)16(12-23-10-8-19-14(2)22)18(20-17)7-9-21(3)4/h5-6,11,20H,7-10,12H2,1-4H3,(H,19,22). The van der Waals surface area contributed by atoms with Crippen molar-refractivity contribution in [1.29, 1.82) is 0 Å². The Labute approximate surface area is 143 Å². The van der Waals surface area contributed by atoms with Gasteiger partial charge in [-0.2, -0.15) is 11.8 Å². The van der Waals surface area contributed by atoms with Gasteiger partial charge >= 0.3 is 0 Å². The highest BCUT2D eigenvalue weighted by molar-refractivity contribution is 7.98. The van der Waals surface area contributed by atoms with E-state index >= 15 is 0 Å². The Balaban J connectivity index is 2.11. The Bertz CT molecular complexity index is 664. The molecule has 2 rings (SSSR count). The van der Waals surface area contributed by atoms with Crippen LogP contribution in [0.25, 0.3) is 10.9 Å². The van der Waals surface area contributed by atoms with Crippen molar-refractivity contribution in [1.82, 2.24) is 15.2 Å². The molecule has 0 radical (unpaired) electrons. The summed E-state index contributed by atoms with van der Waals surface area (Å²) in [6.45, 7) is 5.47. The van der Waals surface area contributed by atoms with E-state index in [0.717, 1.165) is 31.0 Å². The van der Waals surface area contributed by atoms with E-state index in [1.807, 2.05) is 11.8 Å². The van der Waals surface area contributed by atoms with E-state index in [1.54, 1.807) is 6.92 Å². The van der Waals surface area contributed by atoms with Gasteiger partial charge in [0.25, 0.3) is 0 Å². The van der Waals surface area contributed by atoms with Crippen molar-refractivity contribution in [3.05, 3.63) is 35.0 Å². The van der Waals surface area contributed by atoms with Gasteiger partial charge < -0.3 is 15.2 Å². The zero-order chi connectivity index (χ0) is 16.8. The summed E-state index contributed by atoms with van der Waals surface area (Å²) in [5, 5.41) is 4.19. The molecule has 1 aromatic carbocycles. The number of aromatic amines is 1. The van der Waals surface area contributed by atoms with Crippen molar-refractivity contribution in [2.45, 2.75) is 26.0 Å². The molecule has 2 N–H and O–H groups in total. The van der Waals surface area contributed by atoms with Crippen LogP contribution in [0.1, 0.15) is 23.7 Å². The largest absolute Gasteiger partial charge is 0.358 e. The lowest BCUT2D eigenvalue weighted by molar-refractivity contribution is -0.118. The van der Waals surface area contributed by atoms with Crippen molar-refractivity contribution in [2.24, 2.45) is 0 Å². The molecular weight excluding hydrogens is 306 g/mol. The number of likely N-dealkylation sites (N-methyl/N-ethyl adjacent to an activating group) is 1. The molecule has 2 aromatic rings. The SMILES string of the molecule is CC(=O)NCCSCc1c(CCN(C)C)[nH]c2ccc(C)cc12. The molecule has 1 amide bonds. The molecule has 4 nitrogen and oxygen atoms in total. The minimum Gasteiger partial charge on any atom is -0.358 e. The van der Waals surface area contributed by atoms with E-state index in [-0.39, 0.29) is 5.91 Å². The summed E-state index contributed by atoms with van der Waals surface area (Å²) in [7, 11) is 4.21. The van der Waals surface area contributed by atoms with Crippen LogP contribution in [0.3, 0.4) is 0 Å². The maximum absolute atomic E-state index is 10.9. The quantitative estimate of drug-likeness (QED) is 0.730. The van der Waals surface area contributed by atoms with Gasteiger partial charge in [0.05, 0.1) is 0 Å². The number of carbonyl (C=O) groups excluding carboxylic acids is 1. The minimum atomic E-state index is 0.0417. The molecule has 23 heavy (non-hydrogen) atoms. The number of nitrogens with one attached hydrogen (secondary N) is 2. The fraction of sp³-hybridized carbons (Fsp3) is 0.500. The van der Waals surface area contributed by atoms with Crippen LogP contribution < -0.4 is 5.32 Å². The zero-order valence-electron chi connectivity index (χ0n) is 14.5. The average molecular weight is 334 g/mol. The van der Waals surface area contributed by atoms with Crippen LogP contribution in [0.4, 0.5) is 0 Å². The molecule has 0 spiro atoms. The third-order valence-corrected chi connectivity index (χ3v) is 4.81. The molecule has 0 aliphatic carbocycles. The first kappa shape index (κ1) is 17.9. The first-order valence-electron chi connectivity index (χ1n) is 8.04. The van der Waals surface area contributed by atoms with E-state index in [0.29, 0.717) is 0 Å². The van der Waals surface area contributed by atoms with Gasteiger partial charge in [-0.15, -0.1) is 0 Å². The number of amides is 1. The lowest BCUT2D eigenvalue weighted by Gasteiger charge is -2.10. The van der Waals surface area contributed by atoms with Crippen molar-refractivity contribution in [3.8, 4) is 0 Å². The Morgan fingerprint density at radius 1 is 1.35 bits per heavy atom. The van der Waals surface area contributed by atoms with Gasteiger partial charge in [0.1, 0.15) is 0 Å². The predicted octanol–water partition coefficient (Wildman–Crippen LogP) is 2.95. The monoisotopic (exact) mass is 333 g/mol. The van der Waals surface area contributed by atoms with Gasteiger partial charge in [-0.05, 0) is 38.7 Å². The minimum absolute atomic E-state index is 0.0417. The zero-order valence-corrected chi connectivity index (χ0v) is 15.3. The summed E-state index contributed by atoms with van der Waals surface area (Å²) in [6.07, 6.45) is 1.03. The van der Waals surface area contributed by atoms with Gasteiger partial charge in [0.15, 0.2) is 0 Å². The number of hydrogen-bond donors (Lipinski definition) is 2. The second-order valence-electron chi connectivity index (χ2n) is 6.22. The number of aromatic nitrogens is 1. The second-order valence-corrected chi connectivity index (χ2v) is 7.33. The summed E-state index contributed by atoms with van der Waals surface area (Å²) in [4.78, 5) is 16.7. The number of H-pyrrole nitrogens is 1. The Hall–Kier alpha value is -1.46. The van der Waals surface area contributed by atoms with Gasteiger partial charge in [0, 0.05) is 54.5 Å². The summed E-state index contributed by atoms with van der Waals surface area (Å²) in [5.41, 5.74) is 5.27. The van der Waals surface area contributed by atoms with Gasteiger partial charge in [-0.3, -0.25) is 4.79 Å². The van der Waals surface area contributed by atoms with Crippen LogP contribution in [0.5, 0.6) is 0 Å². The molecule has 126 valence electrons. The van der Waals surface area contributed by atoms with Gasteiger partial charge in [-0.1, -0.05) is 11.6 Å². The van der Waals surface area contributed by atoms with Crippen LogP contribution in [0.15, 0.2) is 18.2 Å². The topological polar surface area (TPSA) is 48.1 Å². The lowest BCUT2D eigenvalue weighted by atomic mass is 10.1. The number of fused-ring (bicyclic) bond motifs is 1. The molecule has 0 aliphatic rings. The number of nitrogens with zero attached hydrogens (tertiary/aromatic N) is 1. The smallest absolute Gasteiger partial charge is 0.216 e. The maximum atomic E-state index is 10.9. The second kappa shape index (κ2) is 8.41. The van der Waals surface area contributed by atoms with Crippen molar-refractivity contribution in [2.75, 3.05) is 32.9 Å². The molecule has 0 fully saturated rings. The maximum Gasteiger partial charge on any atom is 0.216 e. The van der Waals surface area contributed by atoms with Crippen LogP contribution in [-0.2, 0) is 17.0 Å². The van der Waals surface area contributed by atoms with Crippen LogP contribution in [-0.4, -0.2) is 48.7 Å². The van der Waals surface area contributed by atoms with Gasteiger partial charge in [-0.25, -0.2) is 0 Å². The van der Waals surface area contributed by atoms with Crippen molar-refractivity contribution in [3.63, 3.8) is 0 Å². The summed E-state index contributed by atoms with van der Waals surface area (Å²) in [6, 6.07) is 6.60. The molecule has 0 unspecified atom stereocenters. The molecule has 0 bridgehead atoms. The lowest BCUT2D eigenvalue weighted by Crippen LogP contribution is -2.22. The van der Waals surface area contributed by atoms with Crippen LogP contribution >= 0.6 is 11.8 Å². The summed E-state index contributed by atoms with van der Waals surface area (Å²) in [5.74, 6) is 1.96. The number of benzene rings is 1. The normalized spacial score (nSPS) is 11.3.